The number of nitrogens with one attached hydrogen (secondary N) is 1. The Kier molecular flexibility index (Phi) is 6.55. The van der Waals surface area contributed by atoms with Crippen molar-refractivity contribution in [1.29, 1.82) is 0 Å². The molecule has 3 unspecified atom stereocenters. The molecular formula is C15H25ClN4O3S. The largest absolute Gasteiger partial charge is 0.393 e. The van der Waals surface area contributed by atoms with Crippen LogP contribution in [0, 0.1) is 0 Å². The summed E-state index contributed by atoms with van der Waals surface area (Å²) < 4.78 is 5.63. The zero-order valence-electron chi connectivity index (χ0n) is 14.1. The lowest BCUT2D eigenvalue weighted by molar-refractivity contribution is -0.206. The molecule has 1 aromatic heterocycles. The monoisotopic (exact) mass is 376 g/mol. The van der Waals surface area contributed by atoms with Crippen molar-refractivity contribution in [3.05, 3.63) is 5.15 Å². The summed E-state index contributed by atoms with van der Waals surface area (Å²) in [5.41, 5.74) is 6.25. The van der Waals surface area contributed by atoms with Crippen LogP contribution in [-0.4, -0.2) is 50.0 Å². The van der Waals surface area contributed by atoms with Gasteiger partial charge in [-0.05, 0) is 26.7 Å². The van der Waals surface area contributed by atoms with Gasteiger partial charge in [0, 0.05) is 12.2 Å². The Hall–Kier alpha value is -0.800. The molecule has 0 spiro atoms. The van der Waals surface area contributed by atoms with Crippen LogP contribution >= 0.6 is 23.4 Å². The van der Waals surface area contributed by atoms with Crippen LogP contribution in [0.4, 0.5) is 11.5 Å². The van der Waals surface area contributed by atoms with E-state index in [9.17, 15) is 10.2 Å². The van der Waals surface area contributed by atoms with Crippen LogP contribution in [0.1, 0.15) is 40.0 Å². The lowest BCUT2D eigenvalue weighted by atomic mass is 10.2. The number of hydrogen-bond donors (Lipinski definition) is 4. The molecule has 1 aliphatic carbocycles. The summed E-state index contributed by atoms with van der Waals surface area (Å²) in [6, 6.07) is -0.233. The first-order valence-electron chi connectivity index (χ1n) is 8.00. The summed E-state index contributed by atoms with van der Waals surface area (Å²) >= 11 is 7.61. The van der Waals surface area contributed by atoms with Crippen LogP contribution in [0.15, 0.2) is 5.16 Å². The van der Waals surface area contributed by atoms with Gasteiger partial charge in [-0.3, -0.25) is 0 Å². The van der Waals surface area contributed by atoms with Crippen LogP contribution in [-0.2, 0) is 4.74 Å². The highest BCUT2D eigenvalue weighted by Crippen LogP contribution is 2.32. The molecule has 3 atom stereocenters. The summed E-state index contributed by atoms with van der Waals surface area (Å²) in [4.78, 5) is 8.59. The maximum Gasteiger partial charge on any atom is 0.191 e. The molecule has 0 radical (unpaired) electrons. The number of aliphatic hydroxyl groups excluding tert-OH is 1. The van der Waals surface area contributed by atoms with Crippen molar-refractivity contribution in [2.45, 2.75) is 69.2 Å². The molecule has 2 rings (SSSR count). The fraction of sp³-hybridized carbons (Fsp3) is 0.733. The fourth-order valence-electron chi connectivity index (χ4n) is 2.59. The second-order valence-corrected chi connectivity index (χ2v) is 7.81. The van der Waals surface area contributed by atoms with Crippen molar-refractivity contribution in [2.75, 3.05) is 16.8 Å². The first-order chi connectivity index (χ1) is 11.2. The van der Waals surface area contributed by atoms with E-state index in [1.165, 1.54) is 11.8 Å². The summed E-state index contributed by atoms with van der Waals surface area (Å²) in [6.07, 6.45) is 1.02. The van der Waals surface area contributed by atoms with Crippen molar-refractivity contribution in [3.63, 3.8) is 0 Å². The van der Waals surface area contributed by atoms with E-state index in [-0.39, 0.29) is 23.0 Å². The molecule has 0 saturated heterocycles. The van der Waals surface area contributed by atoms with Gasteiger partial charge < -0.3 is 26.0 Å². The van der Waals surface area contributed by atoms with E-state index in [0.717, 1.165) is 12.2 Å². The van der Waals surface area contributed by atoms with Gasteiger partial charge in [0.2, 0.25) is 0 Å². The van der Waals surface area contributed by atoms with Gasteiger partial charge in [-0.2, -0.15) is 0 Å². The average molecular weight is 377 g/mol. The predicted octanol–water partition coefficient (Wildman–Crippen LogP) is 2.26. The predicted molar refractivity (Wildman–Crippen MR) is 96.3 cm³/mol. The Morgan fingerprint density at radius 2 is 2.12 bits per heavy atom. The van der Waals surface area contributed by atoms with Gasteiger partial charge in [-0.15, -0.1) is 0 Å². The molecule has 1 heterocycles. The maximum absolute atomic E-state index is 9.94. The maximum atomic E-state index is 9.94. The van der Waals surface area contributed by atoms with Gasteiger partial charge in [0.05, 0.1) is 18.2 Å². The van der Waals surface area contributed by atoms with Crippen LogP contribution in [0.25, 0.3) is 0 Å². The Bertz CT molecular complexity index is 570. The van der Waals surface area contributed by atoms with Crippen LogP contribution in [0.2, 0.25) is 5.15 Å². The van der Waals surface area contributed by atoms with E-state index in [4.69, 9.17) is 22.1 Å². The number of hydrogen-bond acceptors (Lipinski definition) is 8. The third-order valence-electron chi connectivity index (χ3n) is 3.55. The number of aromatic nitrogens is 2. The highest BCUT2D eigenvalue weighted by Gasteiger charge is 2.37. The van der Waals surface area contributed by atoms with Crippen molar-refractivity contribution in [2.24, 2.45) is 0 Å². The third-order valence-corrected chi connectivity index (χ3v) is 4.90. The van der Waals surface area contributed by atoms with E-state index < -0.39 is 11.9 Å². The van der Waals surface area contributed by atoms with Gasteiger partial charge in [0.1, 0.15) is 5.69 Å². The van der Waals surface area contributed by atoms with Crippen LogP contribution in [0.5, 0.6) is 0 Å². The number of thioether (sulfide) groups is 1. The molecule has 0 aliphatic heterocycles. The first kappa shape index (κ1) is 19.5. The topological polar surface area (TPSA) is 114 Å². The van der Waals surface area contributed by atoms with Crippen molar-refractivity contribution in [1.82, 2.24) is 9.97 Å². The standard InChI is InChI=1S/C15H25ClN4O3S/c1-4-5-24-14-19-12(16)11(17)13(20-14)18-9-6-8(21)7-10(9)23-15(2,3)22/h8-10,21-22H,4-7,17H2,1-3H3,(H,18,19,20). The SMILES string of the molecule is CCCSc1nc(Cl)c(N)c(NC2CC(O)CC2OC(C)(C)O)n1. The quantitative estimate of drug-likeness (QED) is 0.248. The van der Waals surface area contributed by atoms with E-state index in [1.54, 1.807) is 13.8 Å². The molecule has 0 aromatic carbocycles. The summed E-state index contributed by atoms with van der Waals surface area (Å²) in [5.74, 6) is 0.0230. The number of ether oxygens (including phenoxy) is 1. The van der Waals surface area contributed by atoms with Gasteiger partial charge in [0.15, 0.2) is 21.9 Å². The number of aliphatic hydroxyl groups is 2. The smallest absolute Gasteiger partial charge is 0.191 e. The molecule has 0 amide bonds. The second-order valence-electron chi connectivity index (χ2n) is 6.39. The number of anilines is 2. The molecule has 1 saturated carbocycles. The second kappa shape index (κ2) is 8.05. The molecule has 1 aliphatic rings. The minimum absolute atomic E-state index is 0.199. The zero-order valence-corrected chi connectivity index (χ0v) is 15.7. The molecule has 5 N–H and O–H groups in total. The van der Waals surface area contributed by atoms with Gasteiger partial charge in [-0.1, -0.05) is 30.3 Å². The Labute approximate surface area is 151 Å². The Morgan fingerprint density at radius 3 is 2.75 bits per heavy atom. The summed E-state index contributed by atoms with van der Waals surface area (Å²) in [5, 5.41) is 23.8. The van der Waals surface area contributed by atoms with Crippen LogP contribution in [0.3, 0.4) is 0 Å². The molecule has 136 valence electrons. The minimum atomic E-state index is -1.29. The minimum Gasteiger partial charge on any atom is -0.393 e. The molecular weight excluding hydrogens is 352 g/mol. The molecule has 9 heteroatoms. The lowest BCUT2D eigenvalue weighted by Crippen LogP contribution is -2.38. The van der Waals surface area contributed by atoms with Crippen molar-refractivity contribution >= 4 is 34.9 Å². The Balaban J connectivity index is 2.17. The van der Waals surface area contributed by atoms with E-state index in [1.807, 2.05) is 0 Å². The van der Waals surface area contributed by atoms with Crippen molar-refractivity contribution < 1.29 is 14.9 Å². The first-order valence-corrected chi connectivity index (χ1v) is 9.36. The molecule has 1 fully saturated rings. The molecule has 7 nitrogen and oxygen atoms in total. The van der Waals surface area contributed by atoms with Crippen LogP contribution < -0.4 is 11.1 Å². The zero-order chi connectivity index (χ0) is 17.9. The number of nitrogen functional groups attached to an aromatic ring is 1. The van der Waals surface area contributed by atoms with Gasteiger partial charge in [-0.25, -0.2) is 9.97 Å². The number of rotatable bonds is 7. The average Bonchev–Trinajstić information content (AvgIpc) is 2.79. The molecule has 1 aromatic rings. The van der Waals surface area contributed by atoms with E-state index in [0.29, 0.717) is 23.8 Å². The normalized spacial score (nSPS) is 24.3. The highest BCUT2D eigenvalue weighted by atomic mass is 35.5. The number of nitrogens with zero attached hydrogens (tertiary/aromatic N) is 2. The fourth-order valence-corrected chi connectivity index (χ4v) is 3.51. The molecule has 24 heavy (non-hydrogen) atoms. The lowest BCUT2D eigenvalue weighted by Gasteiger charge is -2.28. The number of halogens is 1. The number of nitrogens with two attached hydrogens (primary N) is 1. The van der Waals surface area contributed by atoms with Crippen molar-refractivity contribution in [3.8, 4) is 0 Å². The van der Waals surface area contributed by atoms with Gasteiger partial charge in [0.25, 0.3) is 0 Å². The molecule has 0 bridgehead atoms. The van der Waals surface area contributed by atoms with Gasteiger partial charge >= 0.3 is 0 Å². The van der Waals surface area contributed by atoms with E-state index >= 15 is 0 Å². The highest BCUT2D eigenvalue weighted by molar-refractivity contribution is 7.99. The summed E-state index contributed by atoms with van der Waals surface area (Å²) in [6.45, 7) is 5.19. The third kappa shape index (κ3) is 5.35. The van der Waals surface area contributed by atoms with E-state index in [2.05, 4.69) is 22.2 Å². The Morgan fingerprint density at radius 1 is 1.42 bits per heavy atom. The summed E-state index contributed by atoms with van der Waals surface area (Å²) in [7, 11) is 0.